The largest absolute Gasteiger partial charge is 0.484 e. The minimum absolute atomic E-state index is 0. The molecule has 0 unspecified atom stereocenters. The quantitative estimate of drug-likeness (QED) is 0.240. The number of piperidine rings is 1. The van der Waals surface area contributed by atoms with E-state index in [0.717, 1.165) is 37.5 Å². The summed E-state index contributed by atoms with van der Waals surface area (Å²) in [6, 6.07) is 8.83. The molecule has 8 heteroatoms. The summed E-state index contributed by atoms with van der Waals surface area (Å²) in [6.45, 7) is 6.68. The molecule has 0 aromatic heterocycles. The van der Waals surface area contributed by atoms with Crippen molar-refractivity contribution >= 4 is 35.8 Å². The van der Waals surface area contributed by atoms with Crippen LogP contribution in [0.2, 0.25) is 0 Å². The average Bonchev–Trinajstić information content (AvgIpc) is 3.58. The molecule has 0 bridgehead atoms. The van der Waals surface area contributed by atoms with E-state index in [0.29, 0.717) is 12.1 Å². The highest BCUT2D eigenvalue weighted by molar-refractivity contribution is 14.0. The number of rotatable bonds is 10. The van der Waals surface area contributed by atoms with Crippen LogP contribution in [-0.4, -0.2) is 68.7 Å². The van der Waals surface area contributed by atoms with E-state index >= 15 is 0 Å². The maximum absolute atomic E-state index is 11.7. The molecule has 3 N–H and O–H groups in total. The molecule has 1 aliphatic carbocycles. The van der Waals surface area contributed by atoms with Crippen molar-refractivity contribution in [2.45, 2.75) is 57.5 Å². The van der Waals surface area contributed by atoms with Crippen molar-refractivity contribution in [1.29, 1.82) is 0 Å². The number of carbonyl (C=O) groups excluding carboxylic acids is 1. The molecule has 31 heavy (non-hydrogen) atoms. The van der Waals surface area contributed by atoms with Crippen LogP contribution >= 0.6 is 24.0 Å². The van der Waals surface area contributed by atoms with Crippen molar-refractivity contribution in [3.05, 3.63) is 29.8 Å². The molecule has 1 saturated heterocycles. The summed E-state index contributed by atoms with van der Waals surface area (Å²) in [5.74, 6) is 1.57. The molecular formula is C23H38IN5O2. The van der Waals surface area contributed by atoms with Gasteiger partial charge in [-0.15, -0.1) is 24.0 Å². The van der Waals surface area contributed by atoms with Gasteiger partial charge in [0.05, 0.1) is 0 Å². The summed E-state index contributed by atoms with van der Waals surface area (Å²) < 4.78 is 5.56. The molecule has 2 aliphatic rings. The lowest BCUT2D eigenvalue weighted by molar-refractivity contribution is -0.123. The first-order valence-electron chi connectivity index (χ1n) is 11.4. The number of ether oxygens (including phenoxy) is 1. The number of nitrogens with zero attached hydrogens (tertiary/aromatic N) is 2. The van der Waals surface area contributed by atoms with E-state index in [2.05, 4.69) is 44.9 Å². The number of hydrogen-bond donors (Lipinski definition) is 3. The first kappa shape index (κ1) is 25.7. The van der Waals surface area contributed by atoms with Crippen LogP contribution in [-0.2, 0) is 11.2 Å². The monoisotopic (exact) mass is 543 g/mol. The van der Waals surface area contributed by atoms with E-state index in [9.17, 15) is 4.79 Å². The third-order valence-corrected chi connectivity index (χ3v) is 5.63. The Morgan fingerprint density at radius 3 is 2.39 bits per heavy atom. The van der Waals surface area contributed by atoms with Crippen molar-refractivity contribution in [2.24, 2.45) is 4.99 Å². The van der Waals surface area contributed by atoms with E-state index < -0.39 is 0 Å². The Morgan fingerprint density at radius 1 is 1.10 bits per heavy atom. The topological polar surface area (TPSA) is 78.0 Å². The molecule has 1 aliphatic heterocycles. The number of hydrogen-bond acceptors (Lipinski definition) is 4. The van der Waals surface area contributed by atoms with Crippen molar-refractivity contribution in [3.8, 4) is 5.75 Å². The Labute approximate surface area is 203 Å². The number of amides is 1. The number of carbonyl (C=O) groups is 1. The van der Waals surface area contributed by atoms with Gasteiger partial charge in [0.15, 0.2) is 12.6 Å². The fraction of sp³-hybridized carbons (Fsp3) is 0.652. The molecule has 0 spiro atoms. The summed E-state index contributed by atoms with van der Waals surface area (Å²) >= 11 is 0. The molecule has 2 fully saturated rings. The van der Waals surface area contributed by atoms with Gasteiger partial charge in [0.25, 0.3) is 5.91 Å². The molecule has 0 radical (unpaired) electrons. The van der Waals surface area contributed by atoms with Crippen LogP contribution in [0.3, 0.4) is 0 Å². The SMILES string of the molecule is CCCN1CCC(NC(=NC)NCCc2ccc(OCC(=O)NC3CC3)cc2)CC1.I. The van der Waals surface area contributed by atoms with E-state index in [-0.39, 0.29) is 36.5 Å². The summed E-state index contributed by atoms with van der Waals surface area (Å²) in [6.07, 6.45) is 6.64. The Kier molecular flexibility index (Phi) is 11.4. The highest BCUT2D eigenvalue weighted by Crippen LogP contribution is 2.18. The maximum atomic E-state index is 11.7. The third kappa shape index (κ3) is 9.64. The predicted molar refractivity (Wildman–Crippen MR) is 136 cm³/mol. The van der Waals surface area contributed by atoms with Crippen LogP contribution in [0.1, 0.15) is 44.6 Å². The number of nitrogens with one attached hydrogen (secondary N) is 3. The van der Waals surface area contributed by atoms with E-state index in [1.165, 1.54) is 44.5 Å². The normalized spacial score (nSPS) is 17.5. The fourth-order valence-corrected chi connectivity index (χ4v) is 3.73. The Morgan fingerprint density at radius 2 is 1.77 bits per heavy atom. The van der Waals surface area contributed by atoms with Crippen molar-refractivity contribution < 1.29 is 9.53 Å². The van der Waals surface area contributed by atoms with Gasteiger partial charge in [-0.05, 0) is 62.8 Å². The molecule has 0 atom stereocenters. The van der Waals surface area contributed by atoms with Crippen LogP contribution in [0.25, 0.3) is 0 Å². The summed E-state index contributed by atoms with van der Waals surface area (Å²) in [5.41, 5.74) is 1.22. The highest BCUT2D eigenvalue weighted by Gasteiger charge is 2.23. The minimum Gasteiger partial charge on any atom is -0.484 e. The number of halogens is 1. The summed E-state index contributed by atoms with van der Waals surface area (Å²) in [5, 5.41) is 9.91. The van der Waals surface area contributed by atoms with Crippen LogP contribution in [0.15, 0.2) is 29.3 Å². The number of benzene rings is 1. The summed E-state index contributed by atoms with van der Waals surface area (Å²) in [4.78, 5) is 18.6. The van der Waals surface area contributed by atoms with Crippen molar-refractivity contribution in [2.75, 3.05) is 39.8 Å². The molecule has 3 rings (SSSR count). The smallest absolute Gasteiger partial charge is 0.258 e. The van der Waals surface area contributed by atoms with E-state index in [1.54, 1.807) is 0 Å². The molecule has 174 valence electrons. The van der Waals surface area contributed by atoms with Crippen LogP contribution < -0.4 is 20.7 Å². The number of aliphatic imine (C=N–C) groups is 1. The average molecular weight is 543 g/mol. The predicted octanol–water partition coefficient (Wildman–Crippen LogP) is 2.54. The number of likely N-dealkylation sites (tertiary alicyclic amines) is 1. The second kappa shape index (κ2) is 13.8. The zero-order valence-corrected chi connectivity index (χ0v) is 21.2. The highest BCUT2D eigenvalue weighted by atomic mass is 127. The van der Waals surface area contributed by atoms with Crippen LogP contribution in [0.4, 0.5) is 0 Å². The maximum Gasteiger partial charge on any atom is 0.258 e. The lowest BCUT2D eigenvalue weighted by Crippen LogP contribution is -2.49. The second-order valence-corrected chi connectivity index (χ2v) is 8.28. The molecule has 1 amide bonds. The van der Waals surface area contributed by atoms with Gasteiger partial charge in [0.2, 0.25) is 0 Å². The minimum atomic E-state index is -0.0410. The van der Waals surface area contributed by atoms with E-state index in [1.807, 2.05) is 19.2 Å². The molecule has 1 aromatic rings. The van der Waals surface area contributed by atoms with Crippen LogP contribution in [0, 0.1) is 0 Å². The van der Waals surface area contributed by atoms with E-state index in [4.69, 9.17) is 4.74 Å². The molecule has 1 heterocycles. The Hall–Kier alpha value is -1.55. The Bertz CT molecular complexity index is 686. The van der Waals surface area contributed by atoms with Gasteiger partial charge < -0.3 is 25.6 Å². The first-order chi connectivity index (χ1) is 14.7. The summed E-state index contributed by atoms with van der Waals surface area (Å²) in [7, 11) is 1.83. The second-order valence-electron chi connectivity index (χ2n) is 8.28. The van der Waals surface area contributed by atoms with Crippen molar-refractivity contribution in [1.82, 2.24) is 20.9 Å². The van der Waals surface area contributed by atoms with Gasteiger partial charge in [-0.25, -0.2) is 0 Å². The first-order valence-corrected chi connectivity index (χ1v) is 11.4. The number of guanidine groups is 1. The standard InChI is InChI=1S/C23H37N5O2.HI/c1-3-14-28-15-11-20(12-16-28)27-23(24-2)25-13-10-18-4-8-21(9-5-18)30-17-22(29)26-19-6-7-19;/h4-5,8-9,19-20H,3,6-7,10-17H2,1-2H3,(H,26,29)(H2,24,25,27);1H. The van der Waals surface area contributed by atoms with Gasteiger partial charge >= 0.3 is 0 Å². The fourth-order valence-electron chi connectivity index (χ4n) is 3.73. The van der Waals surface area contributed by atoms with Crippen LogP contribution in [0.5, 0.6) is 5.75 Å². The zero-order chi connectivity index (χ0) is 21.2. The third-order valence-electron chi connectivity index (χ3n) is 5.63. The molecule has 7 nitrogen and oxygen atoms in total. The lowest BCUT2D eigenvalue weighted by Gasteiger charge is -2.32. The van der Waals surface area contributed by atoms with Gasteiger partial charge in [-0.1, -0.05) is 19.1 Å². The van der Waals surface area contributed by atoms with Gasteiger partial charge in [-0.3, -0.25) is 9.79 Å². The molecule has 1 aromatic carbocycles. The van der Waals surface area contributed by atoms with Gasteiger partial charge in [0, 0.05) is 38.8 Å². The van der Waals surface area contributed by atoms with Gasteiger partial charge in [0.1, 0.15) is 5.75 Å². The molecular weight excluding hydrogens is 505 g/mol. The van der Waals surface area contributed by atoms with Crippen molar-refractivity contribution in [3.63, 3.8) is 0 Å². The van der Waals surface area contributed by atoms with Gasteiger partial charge in [-0.2, -0.15) is 0 Å². The zero-order valence-electron chi connectivity index (χ0n) is 18.9. The lowest BCUT2D eigenvalue weighted by atomic mass is 10.1. The Balaban J connectivity index is 0.00000341. The molecule has 1 saturated carbocycles.